The summed E-state index contributed by atoms with van der Waals surface area (Å²) >= 11 is 0. The number of rotatable bonds is 4. The summed E-state index contributed by atoms with van der Waals surface area (Å²) in [6.07, 6.45) is 0.915. The fourth-order valence-corrected chi connectivity index (χ4v) is 4.72. The predicted molar refractivity (Wildman–Crippen MR) is 123 cm³/mol. The van der Waals surface area contributed by atoms with Crippen molar-refractivity contribution < 1.29 is 28.2 Å². The van der Waals surface area contributed by atoms with E-state index in [-0.39, 0.29) is 34.0 Å². The van der Waals surface area contributed by atoms with Crippen LogP contribution in [0.2, 0.25) is 0 Å². The summed E-state index contributed by atoms with van der Waals surface area (Å²) in [6, 6.07) is 7.54. The minimum atomic E-state index is -0.909. The zero-order chi connectivity index (χ0) is 24.8. The van der Waals surface area contributed by atoms with E-state index in [1.165, 1.54) is 13.2 Å². The second kappa shape index (κ2) is 8.59. The number of Topliss-reactive ketones (excluding diaryl/α,β-unsaturated/α-hetero) is 1. The smallest absolute Gasteiger partial charge is 0.254 e. The summed E-state index contributed by atoms with van der Waals surface area (Å²) in [5.74, 6) is -3.04. The Kier molecular flexibility index (Phi) is 5.93. The van der Waals surface area contributed by atoms with Gasteiger partial charge in [0.2, 0.25) is 0 Å². The number of nitrogens with one attached hydrogen (secondary N) is 2. The van der Waals surface area contributed by atoms with Crippen LogP contribution in [0.25, 0.3) is 0 Å². The molecular weight excluding hydrogens is 442 g/mol. The van der Waals surface area contributed by atoms with E-state index < -0.39 is 23.5 Å². The first-order valence-corrected chi connectivity index (χ1v) is 10.9. The third-order valence-corrected chi connectivity index (χ3v) is 6.20. The van der Waals surface area contributed by atoms with Gasteiger partial charge in [0, 0.05) is 40.9 Å². The number of hydrogen-bond donors (Lipinski definition) is 3. The Morgan fingerprint density at radius 1 is 1.18 bits per heavy atom. The Morgan fingerprint density at radius 2 is 1.91 bits per heavy atom. The van der Waals surface area contributed by atoms with Gasteiger partial charge < -0.3 is 20.5 Å². The zero-order valence-electron chi connectivity index (χ0n) is 19.4. The predicted octanol–water partition coefficient (Wildman–Crippen LogP) is 4.92. The Bertz CT molecular complexity index is 1260. The van der Waals surface area contributed by atoms with E-state index in [0.717, 1.165) is 17.8 Å². The van der Waals surface area contributed by atoms with E-state index in [4.69, 9.17) is 4.74 Å². The fraction of sp³-hybridized carbons (Fsp3) is 0.308. The second-order valence-corrected chi connectivity index (χ2v) is 9.44. The van der Waals surface area contributed by atoms with Gasteiger partial charge in [-0.05, 0) is 48.6 Å². The van der Waals surface area contributed by atoms with Crippen LogP contribution in [0.5, 0.6) is 11.5 Å². The zero-order valence-corrected chi connectivity index (χ0v) is 19.4. The summed E-state index contributed by atoms with van der Waals surface area (Å²) in [5, 5.41) is 15.8. The SMILES string of the molecule is COc1cc(C2C(C(=O)Nc3ccc(F)cc3F)=C(C)NC3=C2C(=O)CC(C)(C)C3)ccc1O. The Hall–Kier alpha value is -3.68. The highest BCUT2D eigenvalue weighted by molar-refractivity contribution is 6.10. The number of benzene rings is 2. The largest absolute Gasteiger partial charge is 0.504 e. The molecule has 1 amide bonds. The number of carbonyl (C=O) groups is 2. The molecule has 1 heterocycles. The molecule has 0 bridgehead atoms. The minimum absolute atomic E-state index is 0.0782. The van der Waals surface area contributed by atoms with E-state index in [1.807, 2.05) is 13.8 Å². The summed E-state index contributed by atoms with van der Waals surface area (Å²) in [5.41, 5.74) is 2.08. The highest BCUT2D eigenvalue weighted by atomic mass is 19.1. The molecule has 1 atom stereocenters. The van der Waals surface area contributed by atoms with Gasteiger partial charge in [-0.25, -0.2) is 8.78 Å². The molecule has 2 aliphatic rings. The van der Waals surface area contributed by atoms with Crippen LogP contribution in [0.1, 0.15) is 45.1 Å². The number of dihydropyridines is 1. The number of ketones is 1. The summed E-state index contributed by atoms with van der Waals surface area (Å²) < 4.78 is 32.8. The number of phenolic OH excluding ortho intramolecular Hbond substituents is 1. The van der Waals surface area contributed by atoms with Gasteiger partial charge in [0.1, 0.15) is 11.6 Å². The molecule has 6 nitrogen and oxygen atoms in total. The van der Waals surface area contributed by atoms with Crippen molar-refractivity contribution >= 4 is 17.4 Å². The molecule has 34 heavy (non-hydrogen) atoms. The molecule has 0 fully saturated rings. The lowest BCUT2D eigenvalue weighted by Crippen LogP contribution is -2.39. The number of halogens is 2. The Balaban J connectivity index is 1.84. The Labute approximate surface area is 196 Å². The van der Waals surface area contributed by atoms with Crippen molar-refractivity contribution in [1.82, 2.24) is 5.32 Å². The van der Waals surface area contributed by atoms with Crippen molar-refractivity contribution in [1.29, 1.82) is 0 Å². The van der Waals surface area contributed by atoms with Gasteiger partial charge >= 0.3 is 0 Å². The van der Waals surface area contributed by atoms with Gasteiger partial charge in [-0.2, -0.15) is 0 Å². The molecule has 178 valence electrons. The van der Waals surface area contributed by atoms with Crippen LogP contribution in [-0.4, -0.2) is 23.9 Å². The average molecular weight is 469 g/mol. The fourth-order valence-electron chi connectivity index (χ4n) is 4.72. The molecule has 2 aromatic rings. The lowest BCUT2D eigenvalue weighted by atomic mass is 9.68. The van der Waals surface area contributed by atoms with Gasteiger partial charge in [0.15, 0.2) is 17.3 Å². The van der Waals surface area contributed by atoms with Crippen molar-refractivity contribution in [2.24, 2.45) is 5.41 Å². The lowest BCUT2D eigenvalue weighted by molar-refractivity contribution is -0.118. The molecule has 1 aliphatic heterocycles. The van der Waals surface area contributed by atoms with Crippen LogP contribution in [0.15, 0.2) is 58.9 Å². The first kappa shape index (κ1) is 23.5. The van der Waals surface area contributed by atoms with Gasteiger partial charge in [-0.15, -0.1) is 0 Å². The standard InChI is InChI=1S/C26H26F2N2O4/c1-13-22(25(33)30-17-7-6-15(27)10-16(17)28)23(14-5-8-19(31)21(9-14)34-4)24-18(29-13)11-26(2,3)12-20(24)32/h5-10,23,29,31H,11-12H2,1-4H3,(H,30,33). The number of anilines is 1. The normalized spacial score (nSPS) is 19.5. The first-order valence-electron chi connectivity index (χ1n) is 10.9. The molecule has 0 saturated carbocycles. The molecule has 0 saturated heterocycles. The maximum absolute atomic E-state index is 14.3. The number of hydrogen-bond acceptors (Lipinski definition) is 5. The van der Waals surface area contributed by atoms with Crippen LogP contribution in [0.3, 0.4) is 0 Å². The monoisotopic (exact) mass is 468 g/mol. The summed E-state index contributed by atoms with van der Waals surface area (Å²) in [6.45, 7) is 5.73. The molecule has 1 unspecified atom stereocenters. The second-order valence-electron chi connectivity index (χ2n) is 9.44. The third kappa shape index (κ3) is 4.27. The van der Waals surface area contributed by atoms with Crippen molar-refractivity contribution in [3.05, 3.63) is 76.1 Å². The summed E-state index contributed by atoms with van der Waals surface area (Å²) in [4.78, 5) is 26.8. The maximum Gasteiger partial charge on any atom is 0.254 e. The molecule has 8 heteroatoms. The molecule has 3 N–H and O–H groups in total. The van der Waals surface area contributed by atoms with Crippen LogP contribution in [0, 0.1) is 17.0 Å². The number of carbonyl (C=O) groups excluding carboxylic acids is 2. The number of ether oxygens (including phenoxy) is 1. The van der Waals surface area contributed by atoms with Gasteiger partial charge in [-0.1, -0.05) is 19.9 Å². The van der Waals surface area contributed by atoms with E-state index in [1.54, 1.807) is 19.1 Å². The molecule has 2 aromatic carbocycles. The van der Waals surface area contributed by atoms with Crippen LogP contribution < -0.4 is 15.4 Å². The van der Waals surface area contributed by atoms with Crippen molar-refractivity contribution in [2.45, 2.75) is 39.5 Å². The number of methoxy groups -OCH3 is 1. The molecule has 0 radical (unpaired) electrons. The number of allylic oxidation sites excluding steroid dienone is 3. The molecule has 1 aliphatic carbocycles. The van der Waals surface area contributed by atoms with Gasteiger partial charge in [0.05, 0.1) is 12.8 Å². The maximum atomic E-state index is 14.3. The van der Waals surface area contributed by atoms with E-state index in [0.29, 0.717) is 35.7 Å². The highest BCUT2D eigenvalue weighted by Gasteiger charge is 2.43. The molecular formula is C26H26F2N2O4. The first-order chi connectivity index (χ1) is 16.0. The van der Waals surface area contributed by atoms with E-state index in [2.05, 4.69) is 10.6 Å². The lowest BCUT2D eigenvalue weighted by Gasteiger charge is -2.39. The van der Waals surface area contributed by atoms with Crippen LogP contribution in [0.4, 0.5) is 14.5 Å². The third-order valence-electron chi connectivity index (χ3n) is 6.20. The molecule has 0 spiro atoms. The van der Waals surface area contributed by atoms with Crippen molar-refractivity contribution in [3.63, 3.8) is 0 Å². The average Bonchev–Trinajstić information content (AvgIpc) is 2.74. The van der Waals surface area contributed by atoms with Crippen LogP contribution in [-0.2, 0) is 9.59 Å². The number of phenols is 1. The topological polar surface area (TPSA) is 87.7 Å². The van der Waals surface area contributed by atoms with Gasteiger partial charge in [-0.3, -0.25) is 9.59 Å². The van der Waals surface area contributed by atoms with E-state index >= 15 is 0 Å². The van der Waals surface area contributed by atoms with Crippen LogP contribution >= 0.6 is 0 Å². The number of amides is 1. The van der Waals surface area contributed by atoms with Crippen molar-refractivity contribution in [3.8, 4) is 11.5 Å². The molecule has 0 aromatic heterocycles. The van der Waals surface area contributed by atoms with Crippen molar-refractivity contribution in [2.75, 3.05) is 12.4 Å². The number of aromatic hydroxyl groups is 1. The molecule has 4 rings (SSSR count). The quantitative estimate of drug-likeness (QED) is 0.593. The van der Waals surface area contributed by atoms with Gasteiger partial charge in [0.25, 0.3) is 5.91 Å². The minimum Gasteiger partial charge on any atom is -0.504 e. The Morgan fingerprint density at radius 3 is 2.59 bits per heavy atom. The summed E-state index contributed by atoms with van der Waals surface area (Å²) in [7, 11) is 1.41. The van der Waals surface area contributed by atoms with E-state index in [9.17, 15) is 23.5 Å². The highest BCUT2D eigenvalue weighted by Crippen LogP contribution is 2.47.